The number of hydrogen-bond acceptors (Lipinski definition) is 0. The zero-order chi connectivity index (χ0) is 11.1. The van der Waals surface area contributed by atoms with Gasteiger partial charge in [0.15, 0.2) is 0 Å². The van der Waals surface area contributed by atoms with Crippen molar-refractivity contribution in [3.8, 4) is 0 Å². The molecule has 0 aliphatic carbocycles. The zero-order valence-electron chi connectivity index (χ0n) is 8.79. The summed E-state index contributed by atoms with van der Waals surface area (Å²) in [5.41, 5.74) is 1.73. The van der Waals surface area contributed by atoms with Gasteiger partial charge in [0.2, 0.25) is 0 Å². The predicted octanol–water partition coefficient (Wildman–Crippen LogP) is 2.97. The molecule has 0 saturated carbocycles. The molecule has 1 aromatic rings. The fourth-order valence-corrected chi connectivity index (χ4v) is 1.74. The molecule has 4 heteroatoms. The van der Waals surface area contributed by atoms with E-state index < -0.39 is 12.4 Å². The highest BCUT2D eigenvalue weighted by Crippen LogP contribution is 2.19. The maximum absolute atomic E-state index is 12.7. The first-order chi connectivity index (χ1) is 6.25. The first-order valence-corrected chi connectivity index (χ1v) is 4.52. The van der Waals surface area contributed by atoms with Crippen LogP contribution in [-0.2, 0) is 0 Å². The standard InChI is InChI=1S/C10H13BF3/c1-6-5-7(2)9(4)10(8(6)3)11(12,13)14/h5H,1-4H3/q-1. The van der Waals surface area contributed by atoms with E-state index in [1.54, 1.807) is 19.9 Å². The van der Waals surface area contributed by atoms with Crippen LogP contribution in [-0.4, -0.2) is 6.98 Å². The molecule has 0 aliphatic rings. The first-order valence-electron chi connectivity index (χ1n) is 4.52. The lowest BCUT2D eigenvalue weighted by atomic mass is 9.72. The van der Waals surface area contributed by atoms with Gasteiger partial charge in [-0.05, 0) is 27.7 Å². The van der Waals surface area contributed by atoms with Gasteiger partial charge in [-0.25, -0.2) is 0 Å². The molecule has 0 radical (unpaired) electrons. The summed E-state index contributed by atoms with van der Waals surface area (Å²) in [6, 6.07) is 1.80. The van der Waals surface area contributed by atoms with Crippen molar-refractivity contribution in [3.05, 3.63) is 28.3 Å². The second kappa shape index (κ2) is 3.33. The van der Waals surface area contributed by atoms with E-state index in [1.165, 1.54) is 13.8 Å². The molecule has 1 rings (SSSR count). The van der Waals surface area contributed by atoms with E-state index in [0.717, 1.165) is 0 Å². The van der Waals surface area contributed by atoms with Crippen molar-refractivity contribution < 1.29 is 12.9 Å². The van der Waals surface area contributed by atoms with Crippen molar-refractivity contribution >= 4 is 12.4 Å². The largest absolute Gasteiger partial charge is 0.510 e. The van der Waals surface area contributed by atoms with Crippen molar-refractivity contribution in [1.82, 2.24) is 0 Å². The Balaban J connectivity index is 3.56. The number of rotatable bonds is 1. The second-order valence-electron chi connectivity index (χ2n) is 3.75. The quantitative estimate of drug-likeness (QED) is 0.612. The maximum Gasteiger partial charge on any atom is 0.510 e. The normalized spacial score (nSPS) is 11.9. The lowest BCUT2D eigenvalue weighted by Crippen LogP contribution is -2.39. The van der Waals surface area contributed by atoms with Crippen LogP contribution in [0.4, 0.5) is 12.9 Å². The highest BCUT2D eigenvalue weighted by Gasteiger charge is 2.30. The molecule has 0 heterocycles. The van der Waals surface area contributed by atoms with Gasteiger partial charge in [0.25, 0.3) is 0 Å². The van der Waals surface area contributed by atoms with Crippen molar-refractivity contribution in [2.24, 2.45) is 0 Å². The van der Waals surface area contributed by atoms with E-state index in [4.69, 9.17) is 0 Å². The fourth-order valence-electron chi connectivity index (χ4n) is 1.74. The van der Waals surface area contributed by atoms with Crippen LogP contribution in [0, 0.1) is 27.7 Å². The third-order valence-corrected chi connectivity index (χ3v) is 2.75. The van der Waals surface area contributed by atoms with Gasteiger partial charge >= 0.3 is 6.98 Å². The van der Waals surface area contributed by atoms with E-state index in [9.17, 15) is 12.9 Å². The van der Waals surface area contributed by atoms with Gasteiger partial charge < -0.3 is 12.9 Å². The summed E-state index contributed by atoms with van der Waals surface area (Å²) in [5, 5.41) is 0. The Labute approximate surface area is 82.2 Å². The minimum absolute atomic E-state index is 0.362. The van der Waals surface area contributed by atoms with Crippen LogP contribution in [0.5, 0.6) is 0 Å². The first kappa shape index (κ1) is 11.2. The fraction of sp³-hybridized carbons (Fsp3) is 0.400. The minimum Gasteiger partial charge on any atom is -0.445 e. The molecule has 78 valence electrons. The van der Waals surface area contributed by atoms with Gasteiger partial charge in [-0.3, -0.25) is 0 Å². The molecule has 1 aromatic carbocycles. The Morgan fingerprint density at radius 3 is 1.50 bits per heavy atom. The third kappa shape index (κ3) is 1.79. The van der Waals surface area contributed by atoms with Crippen LogP contribution in [0.25, 0.3) is 0 Å². The molecule has 0 atom stereocenters. The smallest absolute Gasteiger partial charge is 0.445 e. The Morgan fingerprint density at radius 1 is 0.857 bits per heavy atom. The second-order valence-corrected chi connectivity index (χ2v) is 3.75. The number of hydrogen-bond donors (Lipinski definition) is 0. The summed E-state index contributed by atoms with van der Waals surface area (Å²) in [4.78, 5) is 0. The summed E-state index contributed by atoms with van der Waals surface area (Å²) in [6.07, 6.45) is 0. The molecule has 0 amide bonds. The van der Waals surface area contributed by atoms with Gasteiger partial charge in [0, 0.05) is 0 Å². The summed E-state index contributed by atoms with van der Waals surface area (Å²) < 4.78 is 38.2. The molecule has 0 aliphatic heterocycles. The van der Waals surface area contributed by atoms with Gasteiger partial charge in [0.1, 0.15) is 0 Å². The predicted molar refractivity (Wildman–Crippen MR) is 54.1 cm³/mol. The van der Waals surface area contributed by atoms with E-state index in [2.05, 4.69) is 0 Å². The molecular formula is C10H13BF3-. The van der Waals surface area contributed by atoms with Gasteiger partial charge in [0.05, 0.1) is 0 Å². The molecule has 0 fully saturated rings. The van der Waals surface area contributed by atoms with Crippen LogP contribution in [0.1, 0.15) is 22.3 Å². The van der Waals surface area contributed by atoms with Crippen LogP contribution in [0.3, 0.4) is 0 Å². The van der Waals surface area contributed by atoms with Crippen LogP contribution >= 0.6 is 0 Å². The van der Waals surface area contributed by atoms with Crippen LogP contribution in [0.2, 0.25) is 0 Å². The topological polar surface area (TPSA) is 0 Å². The number of benzene rings is 1. The molecular weight excluding hydrogens is 188 g/mol. The lowest BCUT2D eigenvalue weighted by molar-refractivity contribution is 0.500. The molecule has 14 heavy (non-hydrogen) atoms. The zero-order valence-corrected chi connectivity index (χ0v) is 8.79. The summed E-state index contributed by atoms with van der Waals surface area (Å²) in [6.45, 7) is 1.61. The van der Waals surface area contributed by atoms with Gasteiger partial charge in [-0.1, -0.05) is 28.3 Å². The highest BCUT2D eigenvalue weighted by molar-refractivity contribution is 6.74. The third-order valence-electron chi connectivity index (χ3n) is 2.75. The molecule has 0 nitrogen and oxygen atoms in total. The maximum atomic E-state index is 12.7. The Bertz CT molecular complexity index is 340. The molecule has 0 unspecified atom stereocenters. The van der Waals surface area contributed by atoms with Crippen LogP contribution in [0.15, 0.2) is 6.07 Å². The van der Waals surface area contributed by atoms with Crippen molar-refractivity contribution in [2.75, 3.05) is 0 Å². The Kier molecular flexibility index (Phi) is 2.66. The van der Waals surface area contributed by atoms with Crippen molar-refractivity contribution in [1.29, 1.82) is 0 Å². The Hall–Kier alpha value is -0.925. The van der Waals surface area contributed by atoms with Gasteiger partial charge in [-0.15, -0.1) is 5.46 Å². The molecule has 0 spiro atoms. The van der Waals surface area contributed by atoms with E-state index in [1.807, 2.05) is 0 Å². The van der Waals surface area contributed by atoms with E-state index in [0.29, 0.717) is 22.3 Å². The Morgan fingerprint density at radius 2 is 1.21 bits per heavy atom. The SMILES string of the molecule is Cc1cc(C)c(C)c([B-](F)(F)F)c1C. The summed E-state index contributed by atoms with van der Waals surface area (Å²) in [5.74, 6) is 0. The van der Waals surface area contributed by atoms with Crippen molar-refractivity contribution in [3.63, 3.8) is 0 Å². The van der Waals surface area contributed by atoms with E-state index in [-0.39, 0.29) is 0 Å². The average molecular weight is 201 g/mol. The molecule has 0 saturated heterocycles. The molecule has 0 N–H and O–H groups in total. The van der Waals surface area contributed by atoms with Crippen molar-refractivity contribution in [2.45, 2.75) is 27.7 Å². The average Bonchev–Trinajstić information content (AvgIpc) is 1.98. The summed E-state index contributed by atoms with van der Waals surface area (Å²) >= 11 is 0. The lowest BCUT2D eigenvalue weighted by Gasteiger charge is -2.23. The number of halogens is 3. The molecule has 0 aromatic heterocycles. The summed E-state index contributed by atoms with van der Waals surface area (Å²) in [7, 11) is 0. The van der Waals surface area contributed by atoms with Gasteiger partial charge in [-0.2, -0.15) is 0 Å². The van der Waals surface area contributed by atoms with Crippen LogP contribution < -0.4 is 5.46 Å². The highest BCUT2D eigenvalue weighted by atomic mass is 19.4. The minimum atomic E-state index is -4.89. The monoisotopic (exact) mass is 201 g/mol. The number of aryl methyl sites for hydroxylation is 2. The van der Waals surface area contributed by atoms with E-state index >= 15 is 0 Å². The molecule has 0 bridgehead atoms.